The lowest BCUT2D eigenvalue weighted by molar-refractivity contribution is -0.147. The molecule has 25 heavy (non-hydrogen) atoms. The highest BCUT2D eigenvalue weighted by atomic mass is 16.5. The van der Waals surface area contributed by atoms with E-state index in [1.807, 2.05) is 36.4 Å². The lowest BCUT2D eigenvalue weighted by Crippen LogP contribution is -2.27. The van der Waals surface area contributed by atoms with Crippen LogP contribution in [0.15, 0.2) is 49.1 Å². The Balaban J connectivity index is 2.16. The first-order chi connectivity index (χ1) is 12.0. The van der Waals surface area contributed by atoms with Crippen molar-refractivity contribution in [3.8, 4) is 0 Å². The Morgan fingerprint density at radius 3 is 2.12 bits per heavy atom. The molecule has 0 heterocycles. The van der Waals surface area contributed by atoms with Gasteiger partial charge in [0, 0.05) is 25.7 Å². The van der Waals surface area contributed by atoms with Crippen molar-refractivity contribution in [2.45, 2.75) is 20.3 Å². The van der Waals surface area contributed by atoms with Gasteiger partial charge in [-0.05, 0) is 23.8 Å². The number of carbonyl (C=O) groups excluding carboxylic acids is 2. The number of allylic oxidation sites excluding steroid dienone is 2. The summed E-state index contributed by atoms with van der Waals surface area (Å²) in [6.07, 6.45) is 7.10. The number of esters is 2. The van der Waals surface area contributed by atoms with E-state index in [2.05, 4.69) is 18.7 Å². The van der Waals surface area contributed by atoms with Crippen LogP contribution in [-0.2, 0) is 19.1 Å². The highest BCUT2D eigenvalue weighted by Gasteiger charge is 2.41. The molecule has 4 nitrogen and oxygen atoms in total. The molecule has 1 saturated carbocycles. The molecule has 0 bridgehead atoms. The predicted molar refractivity (Wildman–Crippen MR) is 97.5 cm³/mol. The molecule has 0 aromatic heterocycles. The van der Waals surface area contributed by atoms with Gasteiger partial charge in [-0.3, -0.25) is 9.59 Å². The van der Waals surface area contributed by atoms with Crippen LogP contribution in [-0.4, -0.2) is 25.2 Å². The van der Waals surface area contributed by atoms with E-state index in [0.717, 1.165) is 12.0 Å². The van der Waals surface area contributed by atoms with Crippen molar-refractivity contribution in [3.63, 3.8) is 0 Å². The van der Waals surface area contributed by atoms with Crippen LogP contribution >= 0.6 is 0 Å². The highest BCUT2D eigenvalue weighted by molar-refractivity contribution is 5.66. The summed E-state index contributed by atoms with van der Waals surface area (Å²) in [5.74, 6) is 0.0854. The number of ether oxygens (including phenoxy) is 2. The molecule has 2 rings (SSSR count). The number of hydrogen-bond donors (Lipinski definition) is 0. The molecule has 4 heteroatoms. The Morgan fingerprint density at radius 2 is 1.60 bits per heavy atom. The number of rotatable bonds is 7. The van der Waals surface area contributed by atoms with Gasteiger partial charge in [0.05, 0.1) is 13.2 Å². The number of benzene rings is 1. The molecule has 1 aliphatic carbocycles. The van der Waals surface area contributed by atoms with Gasteiger partial charge in [-0.2, -0.15) is 0 Å². The monoisotopic (exact) mass is 342 g/mol. The molecule has 0 unspecified atom stereocenters. The maximum atomic E-state index is 11.3. The lowest BCUT2D eigenvalue weighted by Gasteiger charge is -2.24. The maximum absolute atomic E-state index is 11.3. The van der Waals surface area contributed by atoms with Crippen molar-refractivity contribution < 1.29 is 19.1 Å². The third-order valence-corrected chi connectivity index (χ3v) is 4.79. The van der Waals surface area contributed by atoms with Crippen molar-refractivity contribution in [1.82, 2.24) is 0 Å². The molecule has 1 aromatic carbocycles. The Kier molecular flexibility index (Phi) is 6.99. The predicted octanol–water partition coefficient (Wildman–Crippen LogP) is 3.88. The summed E-state index contributed by atoms with van der Waals surface area (Å²) in [6.45, 7) is 7.41. The number of hydrogen-bond acceptors (Lipinski definition) is 4. The summed E-state index contributed by atoms with van der Waals surface area (Å²) in [6, 6.07) is 10.1. The van der Waals surface area contributed by atoms with Crippen molar-refractivity contribution >= 4 is 18.0 Å². The Bertz CT molecular complexity index is 620. The van der Waals surface area contributed by atoms with Gasteiger partial charge in [0.25, 0.3) is 0 Å². The zero-order valence-electron chi connectivity index (χ0n) is 14.9. The van der Waals surface area contributed by atoms with Gasteiger partial charge in [0.15, 0.2) is 0 Å². The molecule has 0 spiro atoms. The Labute approximate surface area is 149 Å². The topological polar surface area (TPSA) is 52.6 Å². The minimum atomic E-state index is -0.294. The van der Waals surface area contributed by atoms with E-state index < -0.39 is 0 Å². The van der Waals surface area contributed by atoms with E-state index >= 15 is 0 Å². The Hall–Kier alpha value is -2.36. The van der Waals surface area contributed by atoms with Gasteiger partial charge in [-0.1, -0.05) is 48.6 Å². The van der Waals surface area contributed by atoms with Crippen LogP contribution in [0.1, 0.15) is 25.8 Å². The van der Waals surface area contributed by atoms with E-state index in [9.17, 15) is 9.59 Å². The second-order valence-electron chi connectivity index (χ2n) is 6.50. The van der Waals surface area contributed by atoms with Crippen molar-refractivity contribution in [1.29, 1.82) is 0 Å². The van der Waals surface area contributed by atoms with E-state index in [1.54, 1.807) is 0 Å². The molecule has 4 atom stereocenters. The molecule has 0 amide bonds. The largest absolute Gasteiger partial charge is 0.466 e. The van der Waals surface area contributed by atoms with Gasteiger partial charge in [-0.25, -0.2) is 0 Å². The van der Waals surface area contributed by atoms with Crippen LogP contribution in [0, 0.1) is 23.7 Å². The van der Waals surface area contributed by atoms with Gasteiger partial charge in [0.1, 0.15) is 0 Å². The molecule has 1 aromatic rings. The standard InChI is InChI=1S/C21H26O4/c1-4-18-12-19(11-10-17-8-6-5-7-9-17)21(14-25-16(3)23)20(18)13-24-15(2)22/h4-11,18-21H,1,12-14H2,2-3H3/b11-10-/t18-,19+,20+,21-/m0/s1. The zero-order chi connectivity index (χ0) is 18.2. The molecule has 0 N–H and O–H groups in total. The average Bonchev–Trinajstić information content (AvgIpc) is 2.93. The number of carbonyl (C=O) groups is 2. The molecule has 0 saturated heterocycles. The zero-order valence-corrected chi connectivity index (χ0v) is 14.9. The summed E-state index contributed by atoms with van der Waals surface area (Å²) in [5, 5.41) is 0. The second kappa shape index (κ2) is 9.21. The van der Waals surface area contributed by atoms with Crippen LogP contribution < -0.4 is 0 Å². The minimum absolute atomic E-state index is 0.103. The lowest BCUT2D eigenvalue weighted by atomic mass is 9.87. The van der Waals surface area contributed by atoms with Crippen LogP contribution in [0.25, 0.3) is 6.08 Å². The first kappa shape index (κ1) is 19.0. The Morgan fingerprint density at radius 1 is 1.04 bits per heavy atom. The summed E-state index contributed by atoms with van der Waals surface area (Å²) in [4.78, 5) is 22.5. The van der Waals surface area contributed by atoms with Crippen molar-refractivity contribution in [2.75, 3.05) is 13.2 Å². The molecule has 1 aliphatic rings. The minimum Gasteiger partial charge on any atom is -0.466 e. The molecule has 0 radical (unpaired) electrons. The normalized spacial score (nSPS) is 25.7. The van der Waals surface area contributed by atoms with Crippen molar-refractivity contribution in [2.24, 2.45) is 23.7 Å². The van der Waals surface area contributed by atoms with Gasteiger partial charge in [0.2, 0.25) is 0 Å². The SMILES string of the molecule is C=C[C@H]1C[C@@H](/C=C\c2ccccc2)[C@H](COC(C)=O)[C@@H]1COC(C)=O. The van der Waals surface area contributed by atoms with Gasteiger partial charge >= 0.3 is 11.9 Å². The first-order valence-corrected chi connectivity index (χ1v) is 8.63. The summed E-state index contributed by atoms with van der Waals surface area (Å²) in [5.41, 5.74) is 1.13. The van der Waals surface area contributed by atoms with Crippen LogP contribution in [0.5, 0.6) is 0 Å². The second-order valence-corrected chi connectivity index (χ2v) is 6.50. The van der Waals surface area contributed by atoms with Gasteiger partial charge < -0.3 is 9.47 Å². The van der Waals surface area contributed by atoms with E-state index in [-0.39, 0.29) is 35.6 Å². The quantitative estimate of drug-likeness (QED) is 0.557. The smallest absolute Gasteiger partial charge is 0.302 e. The van der Waals surface area contributed by atoms with Gasteiger partial charge in [-0.15, -0.1) is 6.58 Å². The van der Waals surface area contributed by atoms with E-state index in [4.69, 9.17) is 9.47 Å². The maximum Gasteiger partial charge on any atom is 0.302 e. The van der Waals surface area contributed by atoms with E-state index in [0.29, 0.717) is 13.2 Å². The van der Waals surface area contributed by atoms with E-state index in [1.165, 1.54) is 13.8 Å². The van der Waals surface area contributed by atoms with Crippen LogP contribution in [0.2, 0.25) is 0 Å². The summed E-state index contributed by atoms with van der Waals surface area (Å²) in [7, 11) is 0. The molecule has 134 valence electrons. The fourth-order valence-corrected chi connectivity index (χ4v) is 3.51. The average molecular weight is 342 g/mol. The van der Waals surface area contributed by atoms with Crippen LogP contribution in [0.4, 0.5) is 0 Å². The summed E-state index contributed by atoms with van der Waals surface area (Å²) < 4.78 is 10.5. The fraction of sp³-hybridized carbons (Fsp3) is 0.429. The molecule has 1 fully saturated rings. The molecular weight excluding hydrogens is 316 g/mol. The third-order valence-electron chi connectivity index (χ3n) is 4.79. The molecule has 0 aliphatic heterocycles. The fourth-order valence-electron chi connectivity index (χ4n) is 3.51. The first-order valence-electron chi connectivity index (χ1n) is 8.63. The highest BCUT2D eigenvalue weighted by Crippen LogP contribution is 2.43. The molecular formula is C21H26O4. The van der Waals surface area contributed by atoms with Crippen molar-refractivity contribution in [3.05, 3.63) is 54.6 Å². The van der Waals surface area contributed by atoms with Crippen LogP contribution in [0.3, 0.4) is 0 Å². The summed E-state index contributed by atoms with van der Waals surface area (Å²) >= 11 is 0. The third kappa shape index (κ3) is 5.59.